The molecule has 0 spiro atoms. The van der Waals surface area contributed by atoms with E-state index < -0.39 is 0 Å². The van der Waals surface area contributed by atoms with Gasteiger partial charge in [0.15, 0.2) is 11.6 Å². The molecule has 0 amide bonds. The van der Waals surface area contributed by atoms with Gasteiger partial charge in [-0.2, -0.15) is 0 Å². The molecule has 0 aromatic rings. The van der Waals surface area contributed by atoms with Gasteiger partial charge in [0, 0.05) is 60.4 Å². The summed E-state index contributed by atoms with van der Waals surface area (Å²) in [7, 11) is 0. The van der Waals surface area contributed by atoms with Gasteiger partial charge in [-0.1, -0.05) is 118 Å². The molecule has 0 bridgehead atoms. The van der Waals surface area contributed by atoms with E-state index in [9.17, 15) is 24.0 Å². The molecule has 0 aromatic heterocycles. The van der Waals surface area contributed by atoms with E-state index in [1.807, 2.05) is 96.9 Å². The summed E-state index contributed by atoms with van der Waals surface area (Å²) in [5.41, 5.74) is 0. The molecule has 5 heterocycles. The van der Waals surface area contributed by atoms with Gasteiger partial charge in [-0.15, -0.1) is 0 Å². The number of carbonyl (C=O) groups is 5. The van der Waals surface area contributed by atoms with E-state index >= 15 is 0 Å². The molecular weight excluding hydrogens is 739 g/mol. The third-order valence-corrected chi connectivity index (χ3v) is 10.8. The first-order valence-electron chi connectivity index (χ1n) is 23.4. The Morgan fingerprint density at radius 2 is 0.678 bits per heavy atom. The Labute approximate surface area is 366 Å². The molecule has 352 valence electrons. The summed E-state index contributed by atoms with van der Waals surface area (Å²) in [5, 5.41) is 16.1. The smallest absolute Gasteiger partial charge is 0.152 e. The number of hydrogen-bond donors (Lipinski definition) is 5. The van der Waals surface area contributed by atoms with E-state index in [0.717, 1.165) is 104 Å². The maximum atomic E-state index is 11.5. The predicted molar refractivity (Wildman–Crippen MR) is 254 cm³/mol. The lowest BCUT2D eigenvalue weighted by molar-refractivity contribution is -0.127. The third-order valence-electron chi connectivity index (χ3n) is 10.8. The van der Waals surface area contributed by atoms with Crippen molar-refractivity contribution in [1.82, 2.24) is 26.6 Å². The first-order valence-corrected chi connectivity index (χ1v) is 23.4. The van der Waals surface area contributed by atoms with Gasteiger partial charge in [0.1, 0.15) is 17.3 Å². The van der Waals surface area contributed by atoms with Crippen LogP contribution in [0.3, 0.4) is 0 Å². The van der Waals surface area contributed by atoms with Crippen LogP contribution < -0.4 is 26.6 Å². The Balaban J connectivity index is -0.000000311. The van der Waals surface area contributed by atoms with Gasteiger partial charge >= 0.3 is 0 Å². The van der Waals surface area contributed by atoms with E-state index in [2.05, 4.69) is 26.6 Å². The number of Topliss-reactive ketones (excluding diaryl/α,β-unsaturated/α-hetero) is 5. The highest BCUT2D eigenvalue weighted by molar-refractivity contribution is 5.86. The molecule has 5 rings (SSSR count). The van der Waals surface area contributed by atoms with Crippen molar-refractivity contribution in [3.63, 3.8) is 0 Å². The zero-order valence-electron chi connectivity index (χ0n) is 39.5. The lowest BCUT2D eigenvalue weighted by Gasteiger charge is -2.23. The fourth-order valence-electron chi connectivity index (χ4n) is 7.34. The van der Waals surface area contributed by atoms with Gasteiger partial charge in [0.2, 0.25) is 0 Å². The summed E-state index contributed by atoms with van der Waals surface area (Å²) in [6, 6.07) is 0.323. The van der Waals surface area contributed by atoms with E-state index in [4.69, 9.17) is 0 Å². The maximum Gasteiger partial charge on any atom is 0.152 e. The topological polar surface area (TPSA) is 146 Å². The van der Waals surface area contributed by atoms with Crippen LogP contribution in [0.25, 0.3) is 0 Å². The third kappa shape index (κ3) is 28.4. The Bertz CT molecular complexity index is 934. The zero-order valence-corrected chi connectivity index (χ0v) is 39.5. The number of hydrogen-bond acceptors (Lipinski definition) is 10. The van der Waals surface area contributed by atoms with E-state index in [-0.39, 0.29) is 56.5 Å². The van der Waals surface area contributed by atoms with Crippen molar-refractivity contribution in [1.29, 1.82) is 0 Å². The molecule has 10 nitrogen and oxygen atoms in total. The van der Waals surface area contributed by atoms with E-state index in [0.29, 0.717) is 46.7 Å². The molecule has 0 aliphatic carbocycles. The number of rotatable bonds is 10. The highest BCUT2D eigenvalue weighted by atomic mass is 16.1. The monoisotopic (exact) mass is 840 g/mol. The minimum atomic E-state index is 0. The molecule has 4 atom stereocenters. The molecule has 4 unspecified atom stereocenters. The lowest BCUT2D eigenvalue weighted by atomic mass is 9.88. The van der Waals surface area contributed by atoms with Crippen LogP contribution in [-0.4, -0.2) is 93.4 Å². The summed E-state index contributed by atoms with van der Waals surface area (Å²) in [5.74, 6) is 4.01. The second-order valence-electron chi connectivity index (χ2n) is 17.2. The first kappa shape index (κ1) is 63.8. The minimum absolute atomic E-state index is 0. The van der Waals surface area contributed by atoms with Crippen LogP contribution in [0.1, 0.15) is 176 Å². The first-order chi connectivity index (χ1) is 27.1. The molecule has 5 aliphatic rings. The predicted octanol–water partition coefficient (Wildman–Crippen LogP) is 8.88. The van der Waals surface area contributed by atoms with Crippen molar-refractivity contribution in [3.8, 4) is 0 Å². The fourth-order valence-corrected chi connectivity index (χ4v) is 7.34. The van der Waals surface area contributed by atoms with Gasteiger partial charge < -0.3 is 26.6 Å². The van der Waals surface area contributed by atoms with Crippen molar-refractivity contribution in [2.45, 2.75) is 188 Å². The highest BCUT2D eigenvalue weighted by Gasteiger charge is 2.26. The largest absolute Gasteiger partial charge is 0.317 e. The molecule has 5 saturated heterocycles. The summed E-state index contributed by atoms with van der Waals surface area (Å²) in [6.45, 7) is 35.7. The summed E-state index contributed by atoms with van der Waals surface area (Å²) in [4.78, 5) is 57.0. The van der Waals surface area contributed by atoms with Crippen LogP contribution in [0.2, 0.25) is 0 Å². The van der Waals surface area contributed by atoms with Crippen LogP contribution in [0.5, 0.6) is 0 Å². The fraction of sp³-hybridized carbons (Fsp3) is 0.898. The quantitative estimate of drug-likeness (QED) is 0.145. The Kier molecular flexibility index (Phi) is 42.2. The normalized spacial score (nSPS) is 22.3. The van der Waals surface area contributed by atoms with Gasteiger partial charge in [-0.3, -0.25) is 24.0 Å². The number of nitrogens with one attached hydrogen (secondary N) is 5. The van der Waals surface area contributed by atoms with Gasteiger partial charge in [-0.25, -0.2) is 0 Å². The maximum absolute atomic E-state index is 11.5. The highest BCUT2D eigenvalue weighted by Crippen LogP contribution is 2.18. The molecule has 59 heavy (non-hydrogen) atoms. The van der Waals surface area contributed by atoms with Crippen molar-refractivity contribution >= 4 is 28.9 Å². The standard InChI is InChI=1S/3C9H17NO.2C8H15NO.2C2H6.2CH4/c1-7(2)9(11)8-3-5-10-6-4-8;1-7(2)9(11)8-4-3-5-10-6-8;1-7(2)9(11)8-5-3-4-6-10-8;1-6(2)8(10)7-3-4-9-5-7;1-6(2)8(10)7-4-3-5-9-7;2*1-2;;/h3*7-8,10H,3-6H2,1-2H3;2*6-7,9H,3-5H2,1-2H3;2*1-2H3;2*1H4. The van der Waals surface area contributed by atoms with Crippen LogP contribution in [-0.2, 0) is 24.0 Å². The average molecular weight is 840 g/mol. The molecule has 5 aliphatic heterocycles. The van der Waals surface area contributed by atoms with Gasteiger partial charge in [-0.05, 0) is 97.1 Å². The summed E-state index contributed by atoms with van der Waals surface area (Å²) >= 11 is 0. The number of ketones is 5. The van der Waals surface area contributed by atoms with E-state index in [1.54, 1.807) is 0 Å². The molecule has 0 saturated carbocycles. The average Bonchev–Trinajstić information content (AvgIpc) is 3.99. The van der Waals surface area contributed by atoms with E-state index in [1.165, 1.54) is 12.8 Å². The van der Waals surface area contributed by atoms with Crippen molar-refractivity contribution in [3.05, 3.63) is 0 Å². The molecular formula is C49H101N5O5. The number of piperidine rings is 3. The lowest BCUT2D eigenvalue weighted by Crippen LogP contribution is -2.42. The van der Waals surface area contributed by atoms with Crippen LogP contribution in [0.15, 0.2) is 0 Å². The van der Waals surface area contributed by atoms with Gasteiger partial charge in [0.25, 0.3) is 0 Å². The number of carbonyl (C=O) groups excluding carboxylic acids is 5. The van der Waals surface area contributed by atoms with Crippen molar-refractivity contribution in [2.75, 3.05) is 52.4 Å². The Morgan fingerprint density at radius 1 is 0.356 bits per heavy atom. The second-order valence-corrected chi connectivity index (χ2v) is 17.2. The molecule has 5 N–H and O–H groups in total. The van der Waals surface area contributed by atoms with Crippen molar-refractivity contribution in [2.24, 2.45) is 47.3 Å². The summed E-state index contributed by atoms with van der Waals surface area (Å²) in [6.07, 6.45) is 11.0. The SMILES string of the molecule is C.C.CC.CC.CC(C)C(=O)C1CCCCN1.CC(C)C(=O)C1CCCN1.CC(C)C(=O)C1CCCNC1.CC(C)C(=O)C1CCNC1.CC(C)C(=O)C1CCNCC1. The van der Waals surface area contributed by atoms with Crippen LogP contribution in [0, 0.1) is 47.3 Å². The van der Waals surface area contributed by atoms with Crippen molar-refractivity contribution < 1.29 is 24.0 Å². The van der Waals surface area contributed by atoms with Crippen LogP contribution in [0.4, 0.5) is 0 Å². The van der Waals surface area contributed by atoms with Gasteiger partial charge in [0.05, 0.1) is 12.1 Å². The molecule has 0 aromatic carbocycles. The Morgan fingerprint density at radius 3 is 1.00 bits per heavy atom. The summed E-state index contributed by atoms with van der Waals surface area (Å²) < 4.78 is 0. The molecule has 10 heteroatoms. The molecule has 0 radical (unpaired) electrons. The molecule has 5 fully saturated rings. The minimum Gasteiger partial charge on any atom is -0.317 e. The zero-order chi connectivity index (χ0) is 43.9. The second kappa shape index (κ2) is 39.0. The Hall–Kier alpha value is -1.85. The van der Waals surface area contributed by atoms with Crippen LogP contribution >= 0.6 is 0 Å².